The summed E-state index contributed by atoms with van der Waals surface area (Å²) in [7, 11) is 0. The van der Waals surface area contributed by atoms with Crippen molar-refractivity contribution in [3.05, 3.63) is 157 Å². The largest absolute Gasteiger partial charge is 0.483 e. The molecule has 3 nitrogen and oxygen atoms in total. The van der Waals surface area contributed by atoms with E-state index < -0.39 is 0 Å². The van der Waals surface area contributed by atoms with Crippen LogP contribution in [0.25, 0.3) is 22.3 Å². The second kappa shape index (κ2) is 13.2. The summed E-state index contributed by atoms with van der Waals surface area (Å²) in [5, 5.41) is 0. The van der Waals surface area contributed by atoms with Crippen LogP contribution in [0, 0.1) is 13.0 Å². The molecule has 0 N–H and O–H groups in total. The van der Waals surface area contributed by atoms with Crippen LogP contribution in [-0.4, -0.2) is 0 Å². The Labute approximate surface area is 255 Å². The van der Waals surface area contributed by atoms with E-state index >= 15 is 0 Å². The average Bonchev–Trinajstić information content (AvgIpc) is 3.01. The van der Waals surface area contributed by atoms with Gasteiger partial charge in [-0.2, -0.15) is 18.2 Å². The fraction of sp³-hybridized carbons (Fsp3) is 0.0270. The summed E-state index contributed by atoms with van der Waals surface area (Å²) in [6.07, 6.45) is 0. The van der Waals surface area contributed by atoms with Crippen molar-refractivity contribution >= 4 is 0 Å². The molecule has 0 heterocycles. The molecule has 0 saturated carbocycles. The second-order valence-electron chi connectivity index (χ2n) is 9.45. The van der Waals surface area contributed by atoms with Gasteiger partial charge in [0.25, 0.3) is 0 Å². The molecular formula is C37H27O3W-. The Morgan fingerprint density at radius 2 is 0.585 bits per heavy atom. The quantitative estimate of drug-likeness (QED) is 0.148. The van der Waals surface area contributed by atoms with Gasteiger partial charge in [-0.3, -0.25) is 0 Å². The summed E-state index contributed by atoms with van der Waals surface area (Å²) in [5.74, 6) is 4.81. The normalized spacial score (nSPS) is 10.4. The molecule has 6 rings (SSSR count). The third kappa shape index (κ3) is 7.33. The van der Waals surface area contributed by atoms with Crippen LogP contribution in [-0.2, 0) is 21.1 Å². The van der Waals surface area contributed by atoms with Crippen LogP contribution in [0.2, 0.25) is 0 Å². The van der Waals surface area contributed by atoms with Gasteiger partial charge >= 0.3 is 0 Å². The topological polar surface area (TPSA) is 27.7 Å². The summed E-state index contributed by atoms with van der Waals surface area (Å²) < 4.78 is 17.9. The number of hydrogen-bond acceptors (Lipinski definition) is 3. The van der Waals surface area contributed by atoms with E-state index in [0.29, 0.717) is 0 Å². The first-order valence-electron chi connectivity index (χ1n) is 13.2. The molecule has 0 aromatic heterocycles. The molecular weight excluding hydrogens is 676 g/mol. The predicted molar refractivity (Wildman–Crippen MR) is 160 cm³/mol. The van der Waals surface area contributed by atoms with Gasteiger partial charge in [0.2, 0.25) is 0 Å². The van der Waals surface area contributed by atoms with Crippen molar-refractivity contribution in [2.75, 3.05) is 0 Å². The predicted octanol–water partition coefficient (Wildman–Crippen LogP) is 10.5. The summed E-state index contributed by atoms with van der Waals surface area (Å²) in [4.78, 5) is 0. The summed E-state index contributed by atoms with van der Waals surface area (Å²) >= 11 is 0. The Morgan fingerprint density at radius 3 is 0.878 bits per heavy atom. The van der Waals surface area contributed by atoms with Gasteiger partial charge in [-0.25, -0.2) is 0 Å². The third-order valence-electron chi connectivity index (χ3n) is 6.50. The smallest absolute Gasteiger partial charge is 0.127 e. The monoisotopic (exact) mass is 703 g/mol. The minimum Gasteiger partial charge on any atom is -0.483 e. The summed E-state index contributed by atoms with van der Waals surface area (Å²) in [6.45, 7) is 2.06. The first-order valence-corrected chi connectivity index (χ1v) is 13.2. The van der Waals surface area contributed by atoms with Gasteiger partial charge in [-0.15, -0.1) is 12.1 Å². The van der Waals surface area contributed by atoms with Crippen LogP contribution in [0.1, 0.15) is 5.56 Å². The Hall–Kier alpha value is -4.59. The van der Waals surface area contributed by atoms with Gasteiger partial charge in [-0.05, 0) is 89.8 Å². The van der Waals surface area contributed by atoms with E-state index in [9.17, 15) is 0 Å². The zero-order valence-corrected chi connectivity index (χ0v) is 25.4. The van der Waals surface area contributed by atoms with Gasteiger partial charge in [0, 0.05) is 26.8 Å². The maximum absolute atomic E-state index is 6.10. The SMILES string of the molecule is Cc1ccc(Oc2ccc(-c3ccc(Oc4ccc(-c5ccc(Oc6cc[c-]cc6)cc5)cc4)cc3)cc2)cc1.[W]. The summed E-state index contributed by atoms with van der Waals surface area (Å²) in [5.41, 5.74) is 5.66. The van der Waals surface area contributed by atoms with Crippen molar-refractivity contribution in [3.63, 3.8) is 0 Å². The maximum atomic E-state index is 6.10. The van der Waals surface area contributed by atoms with Crippen LogP contribution >= 0.6 is 0 Å². The third-order valence-corrected chi connectivity index (χ3v) is 6.50. The number of aryl methyl sites for hydroxylation is 1. The van der Waals surface area contributed by atoms with E-state index in [1.54, 1.807) is 0 Å². The molecule has 0 amide bonds. The van der Waals surface area contributed by atoms with E-state index in [1.807, 2.05) is 97.1 Å². The van der Waals surface area contributed by atoms with Crippen molar-refractivity contribution < 1.29 is 35.3 Å². The number of benzene rings is 6. The van der Waals surface area contributed by atoms with Gasteiger partial charge in [0.05, 0.1) is 0 Å². The van der Waals surface area contributed by atoms with Crippen LogP contribution in [0.15, 0.2) is 146 Å². The van der Waals surface area contributed by atoms with Gasteiger partial charge in [-0.1, -0.05) is 66.2 Å². The maximum Gasteiger partial charge on any atom is 0.127 e. The Kier molecular flexibility index (Phi) is 8.98. The van der Waals surface area contributed by atoms with Crippen molar-refractivity contribution in [1.82, 2.24) is 0 Å². The summed E-state index contributed by atoms with van der Waals surface area (Å²) in [6, 6.07) is 50.9. The molecule has 0 fully saturated rings. The Morgan fingerprint density at radius 1 is 0.341 bits per heavy atom. The average molecular weight is 703 g/mol. The van der Waals surface area contributed by atoms with E-state index in [0.717, 1.165) is 56.8 Å². The van der Waals surface area contributed by atoms with E-state index in [4.69, 9.17) is 14.2 Å². The molecule has 200 valence electrons. The van der Waals surface area contributed by atoms with Gasteiger partial charge in [0.1, 0.15) is 28.7 Å². The van der Waals surface area contributed by atoms with Crippen LogP contribution in [0.3, 0.4) is 0 Å². The molecule has 0 unspecified atom stereocenters. The molecule has 41 heavy (non-hydrogen) atoms. The van der Waals surface area contributed by atoms with Crippen molar-refractivity contribution in [3.8, 4) is 56.8 Å². The molecule has 0 atom stereocenters. The van der Waals surface area contributed by atoms with Crippen LogP contribution in [0.4, 0.5) is 0 Å². The van der Waals surface area contributed by atoms with Crippen LogP contribution < -0.4 is 14.2 Å². The van der Waals surface area contributed by atoms with Crippen molar-refractivity contribution in [2.45, 2.75) is 6.92 Å². The molecule has 6 aromatic carbocycles. The minimum absolute atomic E-state index is 0. The number of hydrogen-bond donors (Lipinski definition) is 0. The van der Waals surface area contributed by atoms with Gasteiger partial charge < -0.3 is 14.2 Å². The molecule has 0 aliphatic carbocycles. The Bertz CT molecular complexity index is 1660. The fourth-order valence-electron chi connectivity index (χ4n) is 4.32. The van der Waals surface area contributed by atoms with Crippen LogP contribution in [0.5, 0.6) is 34.5 Å². The molecule has 0 saturated heterocycles. The number of rotatable bonds is 8. The minimum atomic E-state index is 0. The molecule has 0 aliphatic heterocycles. The molecule has 0 radical (unpaired) electrons. The molecule has 0 spiro atoms. The first-order chi connectivity index (χ1) is 19.7. The van der Waals surface area contributed by atoms with E-state index in [2.05, 4.69) is 61.5 Å². The fourth-order valence-corrected chi connectivity index (χ4v) is 4.32. The van der Waals surface area contributed by atoms with E-state index in [1.165, 1.54) is 5.56 Å². The van der Waals surface area contributed by atoms with E-state index in [-0.39, 0.29) is 21.1 Å². The molecule has 4 heteroatoms. The second-order valence-corrected chi connectivity index (χ2v) is 9.45. The number of ether oxygens (including phenoxy) is 3. The zero-order valence-electron chi connectivity index (χ0n) is 22.5. The zero-order chi connectivity index (χ0) is 27.1. The van der Waals surface area contributed by atoms with Crippen molar-refractivity contribution in [2.24, 2.45) is 0 Å². The first kappa shape index (κ1) is 28.0. The molecule has 6 aromatic rings. The Balaban J connectivity index is 0.00000337. The molecule has 0 bridgehead atoms. The standard InChI is InChI=1S/C37H27O3.W/c1-27-7-17-33(18-8-27)39-35-21-11-29(12-22-35)31-15-25-37(26-16-31)40-36-23-13-30(14-24-36)28-9-19-34(20-10-28)38-32-5-3-2-4-6-32;/h3-26H,1H3;/q-1;. The van der Waals surface area contributed by atoms with Crippen molar-refractivity contribution in [1.29, 1.82) is 0 Å². The van der Waals surface area contributed by atoms with Gasteiger partial charge in [0.15, 0.2) is 0 Å². The molecule has 0 aliphatic rings.